The van der Waals surface area contributed by atoms with E-state index in [1.54, 1.807) is 0 Å². The van der Waals surface area contributed by atoms with Gasteiger partial charge >= 0.3 is 0 Å². The van der Waals surface area contributed by atoms with E-state index in [0.29, 0.717) is 6.04 Å². The van der Waals surface area contributed by atoms with E-state index in [-0.39, 0.29) is 11.8 Å². The summed E-state index contributed by atoms with van der Waals surface area (Å²) >= 11 is 0. The Labute approximate surface area is 98.2 Å². The molecule has 0 aromatic carbocycles. The van der Waals surface area contributed by atoms with Crippen molar-refractivity contribution in [2.75, 3.05) is 6.54 Å². The summed E-state index contributed by atoms with van der Waals surface area (Å²) in [5.74, 6) is 0.899. The van der Waals surface area contributed by atoms with Crippen LogP contribution >= 0.6 is 0 Å². The molecule has 0 spiro atoms. The molecule has 0 bridgehead atoms. The van der Waals surface area contributed by atoms with Crippen molar-refractivity contribution in [3.8, 4) is 0 Å². The summed E-state index contributed by atoms with van der Waals surface area (Å²) in [5, 5.41) is 3.64. The van der Waals surface area contributed by atoms with Crippen molar-refractivity contribution >= 4 is 5.91 Å². The lowest BCUT2D eigenvalue weighted by atomic mass is 9.85. The number of primary amides is 1. The maximum absolute atomic E-state index is 11.2. The zero-order chi connectivity index (χ0) is 11.4. The summed E-state index contributed by atoms with van der Waals surface area (Å²) in [6, 6.07) is 0.534. The van der Waals surface area contributed by atoms with Crippen LogP contribution in [0.4, 0.5) is 0 Å². The summed E-state index contributed by atoms with van der Waals surface area (Å²) < 4.78 is 0. The summed E-state index contributed by atoms with van der Waals surface area (Å²) in [6.07, 6.45) is 9.91. The number of carbonyl (C=O) groups is 1. The van der Waals surface area contributed by atoms with Gasteiger partial charge in [-0.2, -0.15) is 0 Å². The molecular weight excluding hydrogens is 200 g/mol. The Morgan fingerprint density at radius 3 is 2.56 bits per heavy atom. The molecule has 0 aromatic heterocycles. The van der Waals surface area contributed by atoms with Crippen LogP contribution in [0.3, 0.4) is 0 Å². The van der Waals surface area contributed by atoms with Crippen molar-refractivity contribution in [2.24, 2.45) is 17.6 Å². The van der Waals surface area contributed by atoms with Crippen LogP contribution in [0.2, 0.25) is 0 Å². The second-order valence-corrected chi connectivity index (χ2v) is 5.52. The average Bonchev–Trinajstić information content (AvgIpc) is 2.79. The molecule has 3 N–H and O–H groups in total. The van der Waals surface area contributed by atoms with Gasteiger partial charge in [0.25, 0.3) is 0 Å². The van der Waals surface area contributed by atoms with E-state index in [9.17, 15) is 4.79 Å². The predicted molar refractivity (Wildman–Crippen MR) is 64.9 cm³/mol. The van der Waals surface area contributed by atoms with Crippen LogP contribution in [0.15, 0.2) is 0 Å². The van der Waals surface area contributed by atoms with Crippen LogP contribution in [-0.4, -0.2) is 18.5 Å². The second kappa shape index (κ2) is 5.67. The normalized spacial score (nSPS) is 31.8. The van der Waals surface area contributed by atoms with Crippen LogP contribution in [0.1, 0.15) is 51.4 Å². The van der Waals surface area contributed by atoms with E-state index in [0.717, 1.165) is 31.7 Å². The van der Waals surface area contributed by atoms with E-state index >= 15 is 0 Å². The molecule has 3 heteroatoms. The number of nitrogens with two attached hydrogens (primary N) is 1. The minimum Gasteiger partial charge on any atom is -0.369 e. The summed E-state index contributed by atoms with van der Waals surface area (Å²) in [4.78, 5) is 11.2. The Kier molecular flexibility index (Phi) is 4.22. The van der Waals surface area contributed by atoms with Gasteiger partial charge in [0.05, 0.1) is 0 Å². The topological polar surface area (TPSA) is 55.1 Å². The molecule has 2 aliphatic carbocycles. The highest BCUT2D eigenvalue weighted by molar-refractivity contribution is 5.76. The van der Waals surface area contributed by atoms with E-state index in [1.807, 2.05) is 0 Å². The molecule has 0 radical (unpaired) electrons. The standard InChI is InChI=1S/C13H24N2O/c14-13(16)11-6-3-7-12(8-11)15-9-10-4-1-2-5-10/h10-12,15H,1-9H2,(H2,14,16). The molecule has 3 nitrogen and oxygen atoms in total. The van der Waals surface area contributed by atoms with Crippen LogP contribution in [0.25, 0.3) is 0 Å². The Morgan fingerprint density at radius 2 is 1.88 bits per heavy atom. The number of carbonyl (C=O) groups excluding carboxylic acids is 1. The zero-order valence-electron chi connectivity index (χ0n) is 10.1. The Morgan fingerprint density at radius 1 is 1.12 bits per heavy atom. The third kappa shape index (κ3) is 3.21. The highest BCUT2D eigenvalue weighted by atomic mass is 16.1. The summed E-state index contributed by atoms with van der Waals surface area (Å²) in [6.45, 7) is 1.15. The third-order valence-electron chi connectivity index (χ3n) is 4.25. The Balaban J connectivity index is 1.70. The van der Waals surface area contributed by atoms with Gasteiger partial charge in [-0.05, 0) is 44.6 Å². The maximum atomic E-state index is 11.2. The first kappa shape index (κ1) is 11.9. The summed E-state index contributed by atoms with van der Waals surface area (Å²) in [7, 11) is 0. The van der Waals surface area contributed by atoms with E-state index < -0.39 is 0 Å². The first-order valence-corrected chi connectivity index (χ1v) is 6.78. The van der Waals surface area contributed by atoms with Crippen LogP contribution in [0.5, 0.6) is 0 Å². The lowest BCUT2D eigenvalue weighted by Gasteiger charge is -2.29. The Hall–Kier alpha value is -0.570. The largest absolute Gasteiger partial charge is 0.369 e. The van der Waals surface area contributed by atoms with Gasteiger partial charge in [0.2, 0.25) is 5.91 Å². The number of rotatable bonds is 4. The number of amides is 1. The number of nitrogens with one attached hydrogen (secondary N) is 1. The second-order valence-electron chi connectivity index (χ2n) is 5.52. The van der Waals surface area contributed by atoms with Gasteiger partial charge in [-0.25, -0.2) is 0 Å². The quantitative estimate of drug-likeness (QED) is 0.765. The van der Waals surface area contributed by atoms with E-state index in [2.05, 4.69) is 5.32 Å². The monoisotopic (exact) mass is 224 g/mol. The van der Waals surface area contributed by atoms with E-state index in [1.165, 1.54) is 32.1 Å². The molecule has 0 aromatic rings. The average molecular weight is 224 g/mol. The number of hydrogen-bond donors (Lipinski definition) is 2. The SMILES string of the molecule is NC(=O)C1CCCC(NCC2CCCC2)C1. The van der Waals surface area contributed by atoms with Gasteiger partial charge in [-0.15, -0.1) is 0 Å². The fraction of sp³-hybridized carbons (Fsp3) is 0.923. The minimum absolute atomic E-state index is 0.104. The van der Waals surface area contributed by atoms with E-state index in [4.69, 9.17) is 5.73 Å². The lowest BCUT2D eigenvalue weighted by Crippen LogP contribution is -2.40. The molecule has 2 atom stereocenters. The fourth-order valence-electron chi connectivity index (χ4n) is 3.18. The number of hydrogen-bond acceptors (Lipinski definition) is 2. The minimum atomic E-state index is -0.104. The van der Waals surface area contributed by atoms with Crippen LogP contribution in [0, 0.1) is 11.8 Å². The summed E-state index contributed by atoms with van der Waals surface area (Å²) in [5.41, 5.74) is 5.38. The molecule has 2 rings (SSSR count). The first-order valence-electron chi connectivity index (χ1n) is 6.78. The highest BCUT2D eigenvalue weighted by Gasteiger charge is 2.26. The molecule has 2 saturated carbocycles. The van der Waals surface area contributed by atoms with Gasteiger partial charge in [-0.1, -0.05) is 19.3 Å². The van der Waals surface area contributed by atoms with Crippen molar-refractivity contribution in [3.63, 3.8) is 0 Å². The molecule has 2 aliphatic rings. The molecule has 0 heterocycles. The fourth-order valence-corrected chi connectivity index (χ4v) is 3.18. The van der Waals surface area contributed by atoms with Crippen molar-refractivity contribution < 1.29 is 4.79 Å². The zero-order valence-corrected chi connectivity index (χ0v) is 10.1. The first-order chi connectivity index (χ1) is 7.75. The highest BCUT2D eigenvalue weighted by Crippen LogP contribution is 2.26. The third-order valence-corrected chi connectivity index (χ3v) is 4.25. The van der Waals surface area contributed by atoms with Crippen molar-refractivity contribution in [2.45, 2.75) is 57.4 Å². The van der Waals surface area contributed by atoms with Gasteiger partial charge in [-0.3, -0.25) is 4.79 Å². The molecule has 0 saturated heterocycles. The molecule has 2 fully saturated rings. The van der Waals surface area contributed by atoms with Crippen LogP contribution in [-0.2, 0) is 4.79 Å². The van der Waals surface area contributed by atoms with Gasteiger partial charge in [0.15, 0.2) is 0 Å². The maximum Gasteiger partial charge on any atom is 0.220 e. The van der Waals surface area contributed by atoms with Crippen molar-refractivity contribution in [1.29, 1.82) is 0 Å². The molecule has 1 amide bonds. The van der Waals surface area contributed by atoms with Gasteiger partial charge in [0, 0.05) is 12.0 Å². The van der Waals surface area contributed by atoms with Gasteiger partial charge in [0.1, 0.15) is 0 Å². The van der Waals surface area contributed by atoms with Crippen molar-refractivity contribution in [1.82, 2.24) is 5.32 Å². The molecule has 0 aliphatic heterocycles. The lowest BCUT2D eigenvalue weighted by molar-refractivity contribution is -0.122. The predicted octanol–water partition coefficient (Wildman–Crippen LogP) is 1.81. The van der Waals surface area contributed by atoms with Crippen LogP contribution < -0.4 is 11.1 Å². The molecule has 2 unspecified atom stereocenters. The van der Waals surface area contributed by atoms with Gasteiger partial charge < -0.3 is 11.1 Å². The molecule has 16 heavy (non-hydrogen) atoms. The Bertz CT molecular complexity index is 236. The molecule has 92 valence electrons. The molecular formula is C13H24N2O. The smallest absolute Gasteiger partial charge is 0.220 e. The van der Waals surface area contributed by atoms with Crippen molar-refractivity contribution in [3.05, 3.63) is 0 Å².